The van der Waals surface area contributed by atoms with Crippen molar-refractivity contribution < 1.29 is 14.0 Å². The molecule has 1 aliphatic rings. The van der Waals surface area contributed by atoms with Gasteiger partial charge in [-0.15, -0.1) is 0 Å². The standard InChI is InChI=1S/C25H19FN4O2/c1-15-9-10-17(12-22(15)26)23-18(14-30(28-23)19-7-5-4-6-8-19)11-20-16(2)21(13-27)25(32)29(3)24(20)31/h4-12,14H,1-3H3. The fourth-order valence-electron chi connectivity index (χ4n) is 3.52. The van der Waals surface area contributed by atoms with Gasteiger partial charge in [0.2, 0.25) is 0 Å². The normalized spacial score (nSPS) is 15.5. The molecule has 0 fully saturated rings. The van der Waals surface area contributed by atoms with Gasteiger partial charge in [0.25, 0.3) is 11.8 Å². The van der Waals surface area contributed by atoms with Gasteiger partial charge in [0, 0.05) is 29.9 Å². The minimum absolute atomic E-state index is 0.0864. The maximum Gasteiger partial charge on any atom is 0.271 e. The van der Waals surface area contributed by atoms with Crippen molar-refractivity contribution >= 4 is 17.9 Å². The molecule has 1 aliphatic heterocycles. The summed E-state index contributed by atoms with van der Waals surface area (Å²) in [6, 6.07) is 16.1. The van der Waals surface area contributed by atoms with Crippen LogP contribution in [0.1, 0.15) is 18.1 Å². The Morgan fingerprint density at radius 3 is 2.44 bits per heavy atom. The largest absolute Gasteiger partial charge is 0.277 e. The molecular weight excluding hydrogens is 407 g/mol. The number of nitrogens with zero attached hydrogens (tertiary/aromatic N) is 4. The first-order valence-corrected chi connectivity index (χ1v) is 9.89. The second-order valence-electron chi connectivity index (χ2n) is 7.52. The molecule has 0 aliphatic carbocycles. The van der Waals surface area contributed by atoms with E-state index in [4.69, 9.17) is 0 Å². The first kappa shape index (κ1) is 20.9. The number of hydrogen-bond acceptors (Lipinski definition) is 4. The van der Waals surface area contributed by atoms with Crippen LogP contribution in [-0.2, 0) is 9.59 Å². The lowest BCUT2D eigenvalue weighted by Crippen LogP contribution is -2.39. The monoisotopic (exact) mass is 426 g/mol. The maximum absolute atomic E-state index is 14.3. The second-order valence-corrected chi connectivity index (χ2v) is 7.52. The fraction of sp³-hybridized carbons (Fsp3) is 0.120. The number of amides is 2. The Morgan fingerprint density at radius 2 is 1.78 bits per heavy atom. The third-order valence-corrected chi connectivity index (χ3v) is 5.45. The molecule has 1 aromatic heterocycles. The highest BCUT2D eigenvalue weighted by atomic mass is 19.1. The summed E-state index contributed by atoms with van der Waals surface area (Å²) in [6.07, 6.45) is 3.33. The average molecular weight is 426 g/mol. The van der Waals surface area contributed by atoms with E-state index in [1.165, 1.54) is 13.1 Å². The van der Waals surface area contributed by atoms with E-state index in [9.17, 15) is 19.2 Å². The minimum atomic E-state index is -0.632. The zero-order chi connectivity index (χ0) is 23.0. The van der Waals surface area contributed by atoms with Crippen molar-refractivity contribution in [2.75, 3.05) is 7.05 Å². The Bertz CT molecular complexity index is 1360. The molecule has 4 rings (SSSR count). The summed E-state index contributed by atoms with van der Waals surface area (Å²) < 4.78 is 16.0. The van der Waals surface area contributed by atoms with Crippen molar-refractivity contribution in [1.29, 1.82) is 5.26 Å². The maximum atomic E-state index is 14.3. The number of halogens is 1. The first-order chi connectivity index (χ1) is 15.3. The summed E-state index contributed by atoms with van der Waals surface area (Å²) in [5.41, 5.74) is 3.30. The predicted molar refractivity (Wildman–Crippen MR) is 118 cm³/mol. The van der Waals surface area contributed by atoms with Gasteiger partial charge in [-0.25, -0.2) is 9.07 Å². The highest BCUT2D eigenvalue weighted by Gasteiger charge is 2.33. The highest BCUT2D eigenvalue weighted by Crippen LogP contribution is 2.31. The molecule has 32 heavy (non-hydrogen) atoms. The molecule has 2 aromatic carbocycles. The first-order valence-electron chi connectivity index (χ1n) is 9.89. The van der Waals surface area contributed by atoms with Crippen LogP contribution in [-0.4, -0.2) is 33.5 Å². The molecule has 3 aromatic rings. The number of carbonyl (C=O) groups is 2. The van der Waals surface area contributed by atoms with Crippen LogP contribution in [0.2, 0.25) is 0 Å². The summed E-state index contributed by atoms with van der Waals surface area (Å²) in [5.74, 6) is -1.51. The number of aryl methyl sites for hydroxylation is 1. The molecule has 6 nitrogen and oxygen atoms in total. The highest BCUT2D eigenvalue weighted by molar-refractivity contribution is 6.19. The summed E-state index contributed by atoms with van der Waals surface area (Å²) in [4.78, 5) is 26.0. The Morgan fingerprint density at radius 1 is 1.06 bits per heavy atom. The van der Waals surface area contributed by atoms with E-state index in [1.807, 2.05) is 36.4 Å². The van der Waals surface area contributed by atoms with E-state index >= 15 is 0 Å². The Balaban J connectivity index is 1.95. The van der Waals surface area contributed by atoms with Crippen LogP contribution in [0, 0.1) is 24.1 Å². The van der Waals surface area contributed by atoms with Crippen molar-refractivity contribution in [3.63, 3.8) is 0 Å². The molecule has 0 unspecified atom stereocenters. The van der Waals surface area contributed by atoms with Gasteiger partial charge < -0.3 is 0 Å². The van der Waals surface area contributed by atoms with Crippen LogP contribution in [0.5, 0.6) is 0 Å². The molecule has 0 N–H and O–H groups in total. The molecule has 0 saturated carbocycles. The third kappa shape index (κ3) is 3.52. The van der Waals surface area contributed by atoms with E-state index < -0.39 is 11.8 Å². The molecule has 0 radical (unpaired) electrons. The van der Waals surface area contributed by atoms with Crippen LogP contribution in [0.3, 0.4) is 0 Å². The number of imide groups is 1. The molecule has 0 bridgehead atoms. The van der Waals surface area contributed by atoms with E-state index in [0.717, 1.165) is 10.6 Å². The summed E-state index contributed by atoms with van der Waals surface area (Å²) in [7, 11) is 1.34. The van der Waals surface area contributed by atoms with Crippen molar-refractivity contribution in [3.8, 4) is 23.0 Å². The number of para-hydroxylation sites is 1. The van der Waals surface area contributed by atoms with Crippen molar-refractivity contribution in [2.24, 2.45) is 0 Å². The molecule has 0 atom stereocenters. The van der Waals surface area contributed by atoms with Gasteiger partial charge in [-0.2, -0.15) is 10.4 Å². The van der Waals surface area contributed by atoms with Gasteiger partial charge in [0.1, 0.15) is 23.2 Å². The summed E-state index contributed by atoms with van der Waals surface area (Å²) in [6.45, 7) is 3.25. The van der Waals surface area contributed by atoms with Crippen molar-refractivity contribution in [2.45, 2.75) is 13.8 Å². The van der Waals surface area contributed by atoms with Crippen LogP contribution >= 0.6 is 0 Å². The number of likely N-dealkylation sites (N-methyl/N-ethyl adjacent to an activating group) is 1. The van der Waals surface area contributed by atoms with E-state index in [2.05, 4.69) is 5.10 Å². The molecule has 2 amide bonds. The van der Waals surface area contributed by atoms with E-state index in [-0.39, 0.29) is 17.0 Å². The topological polar surface area (TPSA) is 79.0 Å². The van der Waals surface area contributed by atoms with Gasteiger partial charge >= 0.3 is 0 Å². The third-order valence-electron chi connectivity index (χ3n) is 5.45. The van der Waals surface area contributed by atoms with Crippen molar-refractivity contribution in [1.82, 2.24) is 14.7 Å². The molecular formula is C25H19FN4O2. The fourth-order valence-corrected chi connectivity index (χ4v) is 3.52. The zero-order valence-corrected chi connectivity index (χ0v) is 17.8. The summed E-state index contributed by atoms with van der Waals surface area (Å²) in [5, 5.41) is 14.1. The smallest absolute Gasteiger partial charge is 0.271 e. The van der Waals surface area contributed by atoms with Crippen LogP contribution in [0.15, 0.2) is 71.4 Å². The van der Waals surface area contributed by atoms with Crippen molar-refractivity contribution in [3.05, 3.63) is 88.4 Å². The predicted octanol–water partition coefficient (Wildman–Crippen LogP) is 4.21. The number of carbonyl (C=O) groups excluding carboxylic acids is 2. The molecule has 7 heteroatoms. The average Bonchev–Trinajstić information content (AvgIpc) is 3.22. The van der Waals surface area contributed by atoms with Crippen LogP contribution < -0.4 is 0 Å². The van der Waals surface area contributed by atoms with Crippen LogP contribution in [0.4, 0.5) is 4.39 Å². The lowest BCUT2D eigenvalue weighted by Gasteiger charge is -2.23. The molecule has 0 saturated heterocycles. The lowest BCUT2D eigenvalue weighted by atomic mass is 9.93. The Kier molecular flexibility index (Phi) is 5.29. The number of aromatic nitrogens is 2. The van der Waals surface area contributed by atoms with Gasteiger partial charge in [-0.05, 0) is 49.3 Å². The number of rotatable bonds is 3. The van der Waals surface area contributed by atoms with E-state index in [0.29, 0.717) is 28.0 Å². The molecule has 0 spiro atoms. The van der Waals surface area contributed by atoms with Gasteiger partial charge in [0.05, 0.1) is 5.69 Å². The number of hydrogen-bond donors (Lipinski definition) is 0. The van der Waals surface area contributed by atoms with E-state index in [1.54, 1.807) is 42.9 Å². The van der Waals surface area contributed by atoms with Gasteiger partial charge in [0.15, 0.2) is 0 Å². The second kappa shape index (κ2) is 8.08. The SMILES string of the molecule is CC1=C(C#N)C(=O)N(C)C(=O)C1=Cc1cn(-c2ccccc2)nc1-c1ccc(C)c(F)c1. The number of benzene rings is 2. The van der Waals surface area contributed by atoms with Gasteiger partial charge in [-0.1, -0.05) is 30.3 Å². The summed E-state index contributed by atoms with van der Waals surface area (Å²) >= 11 is 0. The Hall–Kier alpha value is -4.31. The lowest BCUT2D eigenvalue weighted by molar-refractivity contribution is -0.138. The Labute approximate surface area is 184 Å². The number of nitriles is 1. The minimum Gasteiger partial charge on any atom is -0.277 e. The van der Waals surface area contributed by atoms with Crippen LogP contribution in [0.25, 0.3) is 23.0 Å². The van der Waals surface area contributed by atoms with Gasteiger partial charge in [-0.3, -0.25) is 14.5 Å². The molecule has 158 valence electrons. The molecule has 2 heterocycles. The zero-order valence-electron chi connectivity index (χ0n) is 17.8. The quantitative estimate of drug-likeness (QED) is 0.464.